The van der Waals surface area contributed by atoms with E-state index in [4.69, 9.17) is 0 Å². The van der Waals surface area contributed by atoms with Crippen molar-refractivity contribution in [2.45, 2.75) is 55.7 Å². The monoisotopic (exact) mass is 548 g/mol. The summed E-state index contributed by atoms with van der Waals surface area (Å²) in [7, 11) is 0. The fourth-order valence-electron chi connectivity index (χ4n) is 7.24. The Hall–Kier alpha value is -3.84. The molecule has 2 heterocycles. The summed E-state index contributed by atoms with van der Waals surface area (Å²) in [5.74, 6) is -6.53. The number of carbonyl (C=O) groups excluding carboxylic acids is 3. The second kappa shape index (κ2) is 9.66. The maximum absolute atomic E-state index is 14.5. The third-order valence-electron chi connectivity index (χ3n) is 9.03. The Bertz CT molecular complexity index is 1380. The van der Waals surface area contributed by atoms with Gasteiger partial charge in [-0.05, 0) is 42.2 Å². The number of nitrogens with zero attached hydrogens (tertiary/aromatic N) is 2. The van der Waals surface area contributed by atoms with Gasteiger partial charge in [-0.1, -0.05) is 48.5 Å². The molecule has 3 fully saturated rings. The number of fused-ring (bicyclic) bond motifs is 4. The van der Waals surface area contributed by atoms with E-state index in [1.54, 1.807) is 36.4 Å². The molecule has 2 aromatic carbocycles. The van der Waals surface area contributed by atoms with Gasteiger partial charge in [0.05, 0.1) is 6.07 Å². The minimum Gasteiger partial charge on any atom is -0.372 e. The molecule has 0 radical (unpaired) electrons. The van der Waals surface area contributed by atoms with E-state index in [2.05, 4.69) is 10.6 Å². The fourth-order valence-corrected chi connectivity index (χ4v) is 7.24. The van der Waals surface area contributed by atoms with Gasteiger partial charge in [0.25, 0.3) is 5.91 Å². The number of hydrogen-bond donors (Lipinski definition) is 3. The van der Waals surface area contributed by atoms with Gasteiger partial charge in [-0.15, -0.1) is 0 Å². The van der Waals surface area contributed by atoms with E-state index in [-0.39, 0.29) is 18.9 Å². The van der Waals surface area contributed by atoms with Crippen LogP contribution >= 0.6 is 0 Å². The number of nitriles is 1. The van der Waals surface area contributed by atoms with E-state index in [9.17, 15) is 33.5 Å². The van der Waals surface area contributed by atoms with E-state index in [0.29, 0.717) is 35.2 Å². The van der Waals surface area contributed by atoms with Crippen LogP contribution in [0.1, 0.15) is 43.2 Å². The van der Waals surface area contributed by atoms with Crippen molar-refractivity contribution in [1.29, 1.82) is 5.26 Å². The minimum absolute atomic E-state index is 0.0870. The molecule has 0 spiro atoms. The van der Waals surface area contributed by atoms with Gasteiger partial charge in [-0.3, -0.25) is 14.4 Å². The predicted molar refractivity (Wildman–Crippen MR) is 139 cm³/mol. The van der Waals surface area contributed by atoms with Crippen molar-refractivity contribution in [3.8, 4) is 17.2 Å². The first-order valence-electron chi connectivity index (χ1n) is 13.7. The Balaban J connectivity index is 1.32. The quantitative estimate of drug-likeness (QED) is 0.531. The zero-order chi connectivity index (χ0) is 28.2. The molecule has 40 heavy (non-hydrogen) atoms. The number of halogens is 2. The molecule has 1 saturated carbocycles. The first-order chi connectivity index (χ1) is 19.1. The summed E-state index contributed by atoms with van der Waals surface area (Å²) in [5, 5.41) is 27.3. The molecule has 2 aromatic rings. The molecule has 0 bridgehead atoms. The molecular weight excluding hydrogens is 518 g/mol. The lowest BCUT2D eigenvalue weighted by Crippen LogP contribution is -2.56. The van der Waals surface area contributed by atoms with Gasteiger partial charge in [0.1, 0.15) is 12.1 Å². The average molecular weight is 549 g/mol. The molecule has 2 aliphatic heterocycles. The van der Waals surface area contributed by atoms with Gasteiger partial charge in [0, 0.05) is 43.0 Å². The van der Waals surface area contributed by atoms with Crippen LogP contribution in [0, 0.1) is 29.1 Å². The van der Waals surface area contributed by atoms with Crippen LogP contribution < -0.4 is 10.6 Å². The van der Waals surface area contributed by atoms with Crippen molar-refractivity contribution in [3.63, 3.8) is 0 Å². The van der Waals surface area contributed by atoms with Crippen molar-refractivity contribution >= 4 is 17.7 Å². The Morgan fingerprint density at radius 2 is 1.77 bits per heavy atom. The maximum atomic E-state index is 14.5. The smallest absolute Gasteiger partial charge is 0.264 e. The fraction of sp³-hybridized carbons (Fsp3) is 0.467. The summed E-state index contributed by atoms with van der Waals surface area (Å²) in [4.78, 5) is 41.5. The zero-order valence-electron chi connectivity index (χ0n) is 21.8. The number of nitrogens with one attached hydrogen (secondary N) is 2. The maximum Gasteiger partial charge on any atom is 0.264 e. The molecule has 2 saturated heterocycles. The predicted octanol–water partition coefficient (Wildman–Crippen LogP) is 2.70. The highest BCUT2D eigenvalue weighted by Crippen LogP contribution is 2.53. The van der Waals surface area contributed by atoms with E-state index < -0.39 is 66.0 Å². The summed E-state index contributed by atoms with van der Waals surface area (Å²) >= 11 is 0. The van der Waals surface area contributed by atoms with Gasteiger partial charge in [0.2, 0.25) is 17.7 Å². The van der Waals surface area contributed by atoms with Crippen LogP contribution in [-0.4, -0.2) is 58.8 Å². The number of carbonyl (C=O) groups is 3. The second-order valence-electron chi connectivity index (χ2n) is 11.4. The van der Waals surface area contributed by atoms with Crippen LogP contribution in [0.15, 0.2) is 48.5 Å². The number of amides is 3. The topological polar surface area (TPSA) is 123 Å². The standard InChI is InChI=1S/C30H30F2N4O4/c31-29(32)13-18-16-36(28(39)30(40)23-9-3-1-7-20(23)21-8-2-4-10-24(21)30)25(22(18)14-29)27(38)35-19(15-33)12-17-6-5-11-34-26(17)37/h1-4,7-10,17-19,22,25,40H,5-6,11-14,16H2,(H,34,37)(H,35,38)/t17-,18+,19-,22+,25+/m1/s1. The third kappa shape index (κ3) is 4.15. The molecule has 10 heteroatoms. The molecule has 0 aromatic heterocycles. The molecule has 208 valence electrons. The van der Waals surface area contributed by atoms with Crippen molar-refractivity contribution in [3.05, 3.63) is 59.7 Å². The van der Waals surface area contributed by atoms with Crippen LogP contribution in [0.3, 0.4) is 0 Å². The number of alkyl halides is 2. The Labute approximate surface area is 230 Å². The number of aliphatic hydroxyl groups is 1. The lowest BCUT2D eigenvalue weighted by molar-refractivity contribution is -0.153. The lowest BCUT2D eigenvalue weighted by Gasteiger charge is -2.35. The number of piperidine rings is 1. The highest BCUT2D eigenvalue weighted by atomic mass is 19.3. The van der Waals surface area contributed by atoms with Crippen molar-refractivity contribution in [1.82, 2.24) is 15.5 Å². The van der Waals surface area contributed by atoms with Crippen LogP contribution in [0.25, 0.3) is 11.1 Å². The highest BCUT2D eigenvalue weighted by molar-refractivity contribution is 6.01. The highest BCUT2D eigenvalue weighted by Gasteiger charge is 2.61. The SMILES string of the molecule is N#C[C@@H](C[C@H]1CCCNC1=O)NC(=O)[C@@H]1[C@H]2CC(F)(F)C[C@H]2CN1C(=O)C1(O)c2ccccc2-c2ccccc21. The van der Waals surface area contributed by atoms with Gasteiger partial charge >= 0.3 is 0 Å². The largest absolute Gasteiger partial charge is 0.372 e. The molecule has 3 amide bonds. The number of likely N-dealkylation sites (tertiary alicyclic amines) is 1. The summed E-state index contributed by atoms with van der Waals surface area (Å²) < 4.78 is 29.0. The van der Waals surface area contributed by atoms with E-state index in [0.717, 1.165) is 6.42 Å². The molecule has 8 nitrogen and oxygen atoms in total. The first-order valence-corrected chi connectivity index (χ1v) is 13.7. The minimum atomic E-state index is -2.97. The van der Waals surface area contributed by atoms with E-state index >= 15 is 0 Å². The van der Waals surface area contributed by atoms with Gasteiger partial charge in [-0.25, -0.2) is 8.78 Å². The van der Waals surface area contributed by atoms with Crippen molar-refractivity contribution < 1.29 is 28.3 Å². The number of rotatable bonds is 5. The Kier molecular flexibility index (Phi) is 6.37. The van der Waals surface area contributed by atoms with Crippen LogP contribution in [-0.2, 0) is 20.0 Å². The third-order valence-corrected chi connectivity index (χ3v) is 9.03. The average Bonchev–Trinajstić information content (AvgIpc) is 3.53. The summed E-state index contributed by atoms with van der Waals surface area (Å²) in [6.45, 7) is 0.455. The van der Waals surface area contributed by atoms with Gasteiger partial charge < -0.3 is 20.6 Å². The molecule has 2 aliphatic carbocycles. The van der Waals surface area contributed by atoms with E-state index in [1.165, 1.54) is 4.90 Å². The first kappa shape index (κ1) is 26.4. The molecule has 0 unspecified atom stereocenters. The lowest BCUT2D eigenvalue weighted by atomic mass is 9.88. The second-order valence-corrected chi connectivity index (χ2v) is 11.4. The molecular formula is C30H30F2N4O4. The summed E-state index contributed by atoms with van der Waals surface area (Å²) in [5.41, 5.74) is 0.0380. The molecule has 3 N–H and O–H groups in total. The molecule has 4 aliphatic rings. The summed E-state index contributed by atoms with van der Waals surface area (Å²) in [6, 6.07) is 13.7. The Morgan fingerprint density at radius 1 is 1.12 bits per heavy atom. The van der Waals surface area contributed by atoms with Crippen LogP contribution in [0.2, 0.25) is 0 Å². The molecule has 6 rings (SSSR count). The normalized spacial score (nSPS) is 28.1. The van der Waals surface area contributed by atoms with Crippen molar-refractivity contribution in [2.75, 3.05) is 13.1 Å². The van der Waals surface area contributed by atoms with Crippen LogP contribution in [0.4, 0.5) is 8.78 Å². The number of hydrogen-bond acceptors (Lipinski definition) is 5. The molecule has 5 atom stereocenters. The van der Waals surface area contributed by atoms with Gasteiger partial charge in [-0.2, -0.15) is 5.26 Å². The van der Waals surface area contributed by atoms with Crippen LogP contribution in [0.5, 0.6) is 0 Å². The summed E-state index contributed by atoms with van der Waals surface area (Å²) in [6.07, 6.45) is 0.405. The Morgan fingerprint density at radius 3 is 2.40 bits per heavy atom. The number of benzene rings is 2. The zero-order valence-corrected chi connectivity index (χ0v) is 21.8. The van der Waals surface area contributed by atoms with E-state index in [1.807, 2.05) is 18.2 Å². The van der Waals surface area contributed by atoms with Gasteiger partial charge in [0.15, 0.2) is 5.60 Å². The van der Waals surface area contributed by atoms with Crippen molar-refractivity contribution in [2.24, 2.45) is 17.8 Å².